The first kappa shape index (κ1) is 14.7. The van der Waals surface area contributed by atoms with E-state index in [1.807, 2.05) is 20.8 Å². The summed E-state index contributed by atoms with van der Waals surface area (Å²) in [5.74, 6) is 0.406. The van der Waals surface area contributed by atoms with E-state index >= 15 is 0 Å². The molecule has 18 heavy (non-hydrogen) atoms. The lowest BCUT2D eigenvalue weighted by Crippen LogP contribution is -2.26. The summed E-state index contributed by atoms with van der Waals surface area (Å²) >= 11 is 0. The second-order valence-corrected chi connectivity index (χ2v) is 4.69. The van der Waals surface area contributed by atoms with Crippen molar-refractivity contribution in [2.45, 2.75) is 39.7 Å². The van der Waals surface area contributed by atoms with Gasteiger partial charge in [0.25, 0.3) is 0 Å². The van der Waals surface area contributed by atoms with Crippen LogP contribution in [0.1, 0.15) is 50.1 Å². The normalized spacial score (nSPS) is 12.8. The van der Waals surface area contributed by atoms with Crippen LogP contribution < -0.4 is 10.5 Å². The Kier molecular flexibility index (Phi) is 5.34. The highest BCUT2D eigenvalue weighted by Crippen LogP contribution is 2.25. The summed E-state index contributed by atoms with van der Waals surface area (Å²) in [7, 11) is 1.55. The third-order valence-corrected chi connectivity index (χ3v) is 3.00. The minimum absolute atomic E-state index is 0.0300. The number of hydrogen-bond donors (Lipinski definition) is 1. The van der Waals surface area contributed by atoms with Crippen LogP contribution in [-0.4, -0.2) is 29.2 Å². The van der Waals surface area contributed by atoms with Crippen molar-refractivity contribution in [3.8, 4) is 5.75 Å². The van der Waals surface area contributed by atoms with Gasteiger partial charge in [-0.15, -0.1) is 0 Å². The monoisotopic (exact) mass is 253 g/mol. The smallest absolute Gasteiger partial charge is 0.189 e. The summed E-state index contributed by atoms with van der Waals surface area (Å²) in [5.41, 5.74) is 6.23. The lowest BCUT2D eigenvalue weighted by atomic mass is 9.96. The highest BCUT2D eigenvalue weighted by molar-refractivity contribution is 5.98. The molecule has 1 atom stereocenters. The third kappa shape index (κ3) is 2.90. The number of Topliss-reactive ketones (excluding diaryl/α,β-unsaturated/α-hetero) is 1. The Morgan fingerprint density at radius 2 is 2.22 bits per heavy atom. The van der Waals surface area contributed by atoms with Crippen LogP contribution >= 0.6 is 0 Å². The Balaban J connectivity index is 3.12. The topological polar surface area (TPSA) is 70.1 Å². The molecular formula is C13H23N3O2. The third-order valence-electron chi connectivity index (χ3n) is 3.00. The number of rotatable bonds is 7. The molecule has 0 radical (unpaired) electrons. The quantitative estimate of drug-likeness (QED) is 0.755. The molecule has 0 saturated heterocycles. The maximum Gasteiger partial charge on any atom is 0.189 e. The minimum atomic E-state index is -0.155. The van der Waals surface area contributed by atoms with Crippen molar-refractivity contribution in [3.05, 3.63) is 11.9 Å². The lowest BCUT2D eigenvalue weighted by molar-refractivity contribution is 0.0901. The van der Waals surface area contributed by atoms with Crippen LogP contribution in [0.4, 0.5) is 0 Å². The Morgan fingerprint density at radius 3 is 2.67 bits per heavy atom. The zero-order valence-corrected chi connectivity index (χ0v) is 11.6. The van der Waals surface area contributed by atoms with Gasteiger partial charge in [0.1, 0.15) is 5.69 Å². The van der Waals surface area contributed by atoms with Crippen LogP contribution in [0.3, 0.4) is 0 Å². The zero-order chi connectivity index (χ0) is 13.7. The number of ether oxygens (including phenoxy) is 1. The molecule has 0 aromatic carbocycles. The molecule has 1 unspecified atom stereocenters. The van der Waals surface area contributed by atoms with Gasteiger partial charge < -0.3 is 10.5 Å². The molecular weight excluding hydrogens is 230 g/mol. The molecule has 2 N–H and O–H groups in total. The maximum atomic E-state index is 12.5. The molecule has 0 aliphatic carbocycles. The second kappa shape index (κ2) is 6.54. The van der Waals surface area contributed by atoms with Gasteiger partial charge in [-0.05, 0) is 20.3 Å². The van der Waals surface area contributed by atoms with Crippen molar-refractivity contribution in [1.82, 2.24) is 9.78 Å². The van der Waals surface area contributed by atoms with Gasteiger partial charge in [0, 0.05) is 18.5 Å². The second-order valence-electron chi connectivity index (χ2n) is 4.69. The van der Waals surface area contributed by atoms with E-state index in [1.165, 1.54) is 0 Å². The van der Waals surface area contributed by atoms with Crippen LogP contribution in [0.2, 0.25) is 0 Å². The summed E-state index contributed by atoms with van der Waals surface area (Å²) in [6.07, 6.45) is 3.32. The predicted octanol–water partition coefficient (Wildman–Crippen LogP) is 2.03. The molecule has 102 valence electrons. The van der Waals surface area contributed by atoms with E-state index in [2.05, 4.69) is 5.10 Å². The molecule has 5 nitrogen and oxygen atoms in total. The molecule has 0 spiro atoms. The number of ketones is 1. The summed E-state index contributed by atoms with van der Waals surface area (Å²) in [5, 5.41) is 4.21. The van der Waals surface area contributed by atoms with Crippen molar-refractivity contribution in [2.75, 3.05) is 13.7 Å². The fourth-order valence-electron chi connectivity index (χ4n) is 2.02. The molecule has 0 bridgehead atoms. The fourth-order valence-corrected chi connectivity index (χ4v) is 2.02. The number of methoxy groups -OCH3 is 1. The van der Waals surface area contributed by atoms with Crippen molar-refractivity contribution < 1.29 is 9.53 Å². The first-order valence-corrected chi connectivity index (χ1v) is 6.42. The van der Waals surface area contributed by atoms with Crippen molar-refractivity contribution >= 4 is 5.78 Å². The molecule has 0 amide bonds. The van der Waals surface area contributed by atoms with Crippen molar-refractivity contribution in [3.63, 3.8) is 0 Å². The van der Waals surface area contributed by atoms with Gasteiger partial charge in [0.2, 0.25) is 0 Å². The number of carbonyl (C=O) groups excluding carboxylic acids is 1. The lowest BCUT2D eigenvalue weighted by Gasteiger charge is -2.16. The Bertz CT molecular complexity index is 399. The highest BCUT2D eigenvalue weighted by atomic mass is 16.5. The van der Waals surface area contributed by atoms with Crippen molar-refractivity contribution in [2.24, 2.45) is 11.7 Å². The SMILES string of the molecule is CCCC(CN)C(=O)c1c(OC)cnn1C(C)C. The van der Waals surface area contributed by atoms with Crippen LogP contribution in [0.5, 0.6) is 5.75 Å². The number of carbonyl (C=O) groups is 1. The number of nitrogens with two attached hydrogens (primary N) is 1. The molecule has 5 heteroatoms. The Hall–Kier alpha value is -1.36. The summed E-state index contributed by atoms with van der Waals surface area (Å²) < 4.78 is 6.93. The molecule has 1 aromatic heterocycles. The molecule has 1 aromatic rings. The van der Waals surface area contributed by atoms with Gasteiger partial charge in [0.05, 0.1) is 13.3 Å². The first-order chi connectivity index (χ1) is 8.56. The summed E-state index contributed by atoms with van der Waals surface area (Å²) in [6.45, 7) is 6.38. The standard InChI is InChI=1S/C13H23N3O2/c1-5-6-10(7-14)13(17)12-11(18-4)8-15-16(12)9(2)3/h8-10H,5-7,14H2,1-4H3. The first-order valence-electron chi connectivity index (χ1n) is 6.42. The zero-order valence-electron chi connectivity index (χ0n) is 11.6. The Labute approximate surface area is 108 Å². The Morgan fingerprint density at radius 1 is 1.56 bits per heavy atom. The maximum absolute atomic E-state index is 12.5. The molecule has 0 fully saturated rings. The number of hydrogen-bond acceptors (Lipinski definition) is 4. The largest absolute Gasteiger partial charge is 0.493 e. The molecule has 1 rings (SSSR count). The van der Waals surface area contributed by atoms with Gasteiger partial charge in [-0.25, -0.2) is 0 Å². The van der Waals surface area contributed by atoms with Gasteiger partial charge in [-0.2, -0.15) is 5.10 Å². The fraction of sp³-hybridized carbons (Fsp3) is 0.692. The van der Waals surface area contributed by atoms with Crippen LogP contribution in [0.25, 0.3) is 0 Å². The van der Waals surface area contributed by atoms with E-state index in [0.29, 0.717) is 18.0 Å². The minimum Gasteiger partial charge on any atom is -0.493 e. The molecule has 0 aliphatic rings. The summed E-state index contributed by atoms with van der Waals surface area (Å²) in [6, 6.07) is 0.118. The predicted molar refractivity (Wildman–Crippen MR) is 70.9 cm³/mol. The van der Waals surface area contributed by atoms with E-state index in [0.717, 1.165) is 12.8 Å². The van der Waals surface area contributed by atoms with E-state index < -0.39 is 0 Å². The van der Waals surface area contributed by atoms with E-state index in [1.54, 1.807) is 18.0 Å². The average molecular weight is 253 g/mol. The molecule has 1 heterocycles. The van der Waals surface area contributed by atoms with Gasteiger partial charge >= 0.3 is 0 Å². The highest BCUT2D eigenvalue weighted by Gasteiger charge is 2.26. The summed E-state index contributed by atoms with van der Waals surface area (Å²) in [4.78, 5) is 12.5. The van der Waals surface area contributed by atoms with Gasteiger partial charge in [-0.3, -0.25) is 9.48 Å². The van der Waals surface area contributed by atoms with Crippen molar-refractivity contribution in [1.29, 1.82) is 0 Å². The van der Waals surface area contributed by atoms with Gasteiger partial charge in [0.15, 0.2) is 11.5 Å². The van der Waals surface area contributed by atoms with E-state index in [-0.39, 0.29) is 17.7 Å². The number of aromatic nitrogens is 2. The average Bonchev–Trinajstić information content (AvgIpc) is 2.78. The van der Waals surface area contributed by atoms with Crippen LogP contribution in [0, 0.1) is 5.92 Å². The van der Waals surface area contributed by atoms with E-state index in [4.69, 9.17) is 10.5 Å². The number of nitrogens with zero attached hydrogens (tertiary/aromatic N) is 2. The van der Waals surface area contributed by atoms with Crippen LogP contribution in [0.15, 0.2) is 6.20 Å². The molecule has 0 aliphatic heterocycles. The van der Waals surface area contributed by atoms with Gasteiger partial charge in [-0.1, -0.05) is 13.3 Å². The van der Waals surface area contributed by atoms with E-state index in [9.17, 15) is 4.79 Å². The molecule has 0 saturated carbocycles. The van der Waals surface area contributed by atoms with Crippen LogP contribution in [-0.2, 0) is 0 Å².